The predicted molar refractivity (Wildman–Crippen MR) is 92.8 cm³/mol. The second kappa shape index (κ2) is 6.45. The van der Waals surface area contributed by atoms with Gasteiger partial charge in [-0.2, -0.15) is 0 Å². The van der Waals surface area contributed by atoms with E-state index in [-0.39, 0.29) is 24.0 Å². The third-order valence-corrected chi connectivity index (χ3v) is 5.33. The van der Waals surface area contributed by atoms with Crippen LogP contribution >= 0.6 is 11.3 Å². The summed E-state index contributed by atoms with van der Waals surface area (Å²) in [6, 6.07) is 1.63. The molecule has 8 heteroatoms. The highest BCUT2D eigenvalue weighted by molar-refractivity contribution is 7.15. The molecule has 1 amide bonds. The van der Waals surface area contributed by atoms with Gasteiger partial charge >= 0.3 is 0 Å². The molecule has 0 spiro atoms. The Bertz CT molecular complexity index is 872. The first-order valence-electron chi connectivity index (χ1n) is 8.04. The molecule has 3 aromatic heterocycles. The summed E-state index contributed by atoms with van der Waals surface area (Å²) in [4.78, 5) is 22.0. The first-order chi connectivity index (χ1) is 12.1. The van der Waals surface area contributed by atoms with E-state index in [1.54, 1.807) is 25.7 Å². The number of aromatic nitrogens is 3. The standard InChI is InChI=1S/C17H18N4O3S/c1-24-13-6-11(7-18-8-13)15(10-4-12(22)5-10)20-16(23)14-9-21-2-3-25-17(21)19-14/h2-3,6-10,12,15,22H,4-5H2,1H3,(H,20,23)/t10?,12?,15-/m1/s1. The quantitative estimate of drug-likeness (QED) is 0.729. The van der Waals surface area contributed by atoms with Crippen LogP contribution in [0, 0.1) is 5.92 Å². The SMILES string of the molecule is COc1cncc([C@H](NC(=O)c2cn3ccsc3n2)C2CC(O)C2)c1. The van der Waals surface area contributed by atoms with E-state index in [0.29, 0.717) is 24.3 Å². The van der Waals surface area contributed by atoms with Gasteiger partial charge in [-0.3, -0.25) is 14.2 Å². The number of hydrogen-bond acceptors (Lipinski definition) is 6. The highest BCUT2D eigenvalue weighted by atomic mass is 32.1. The number of rotatable bonds is 5. The van der Waals surface area contributed by atoms with Crippen molar-refractivity contribution in [2.45, 2.75) is 25.0 Å². The van der Waals surface area contributed by atoms with Gasteiger partial charge < -0.3 is 15.2 Å². The topological polar surface area (TPSA) is 88.8 Å². The summed E-state index contributed by atoms with van der Waals surface area (Å²) in [6.07, 6.45) is 7.94. The minimum Gasteiger partial charge on any atom is -0.495 e. The Labute approximate surface area is 148 Å². The van der Waals surface area contributed by atoms with Crippen molar-refractivity contribution in [2.24, 2.45) is 5.92 Å². The number of carbonyl (C=O) groups excluding carboxylic acids is 1. The van der Waals surface area contributed by atoms with Crippen molar-refractivity contribution >= 4 is 22.2 Å². The maximum atomic E-state index is 12.7. The number of carbonyl (C=O) groups is 1. The van der Waals surface area contributed by atoms with Gasteiger partial charge in [0.15, 0.2) is 4.96 Å². The number of aliphatic hydroxyl groups is 1. The first kappa shape index (κ1) is 16.0. The summed E-state index contributed by atoms with van der Waals surface area (Å²) in [6.45, 7) is 0. The Morgan fingerprint density at radius 3 is 3.04 bits per heavy atom. The molecule has 4 rings (SSSR count). The monoisotopic (exact) mass is 358 g/mol. The third kappa shape index (κ3) is 3.10. The van der Waals surface area contributed by atoms with Crippen LogP contribution in [-0.4, -0.2) is 38.6 Å². The van der Waals surface area contributed by atoms with E-state index in [2.05, 4.69) is 15.3 Å². The molecule has 1 saturated carbocycles. The van der Waals surface area contributed by atoms with Crippen molar-refractivity contribution in [3.8, 4) is 5.75 Å². The number of amides is 1. The zero-order valence-electron chi connectivity index (χ0n) is 13.6. The minimum atomic E-state index is -0.305. The van der Waals surface area contributed by atoms with Crippen LogP contribution in [0.15, 0.2) is 36.2 Å². The fourth-order valence-electron chi connectivity index (χ4n) is 3.14. The number of fused-ring (bicyclic) bond motifs is 1. The summed E-state index contributed by atoms with van der Waals surface area (Å²) in [5.74, 6) is 0.570. The van der Waals surface area contributed by atoms with Gasteiger partial charge in [0.25, 0.3) is 5.91 Å². The van der Waals surface area contributed by atoms with E-state index in [0.717, 1.165) is 10.5 Å². The number of ether oxygens (including phenoxy) is 1. The highest BCUT2D eigenvalue weighted by Gasteiger charge is 2.36. The van der Waals surface area contributed by atoms with Crippen LogP contribution in [0.3, 0.4) is 0 Å². The Morgan fingerprint density at radius 2 is 2.32 bits per heavy atom. The van der Waals surface area contributed by atoms with Crippen LogP contribution < -0.4 is 10.1 Å². The molecule has 0 unspecified atom stereocenters. The number of methoxy groups -OCH3 is 1. The maximum absolute atomic E-state index is 12.7. The summed E-state index contributed by atoms with van der Waals surface area (Å²) in [5.41, 5.74) is 1.25. The fraction of sp³-hybridized carbons (Fsp3) is 0.353. The molecule has 1 fully saturated rings. The van der Waals surface area contributed by atoms with Gasteiger partial charge in [-0.15, -0.1) is 11.3 Å². The lowest BCUT2D eigenvalue weighted by molar-refractivity contribution is 0.0234. The number of aliphatic hydroxyl groups excluding tert-OH is 1. The van der Waals surface area contributed by atoms with E-state index >= 15 is 0 Å². The summed E-state index contributed by atoms with van der Waals surface area (Å²) >= 11 is 1.48. The van der Waals surface area contributed by atoms with E-state index in [1.807, 2.05) is 22.0 Å². The van der Waals surface area contributed by atoms with Crippen molar-refractivity contribution < 1.29 is 14.6 Å². The number of imidazole rings is 1. The third-order valence-electron chi connectivity index (χ3n) is 4.56. The van der Waals surface area contributed by atoms with Gasteiger partial charge in [0.2, 0.25) is 0 Å². The Balaban J connectivity index is 1.59. The molecule has 1 aliphatic rings. The molecule has 0 radical (unpaired) electrons. The average Bonchev–Trinajstić information content (AvgIpc) is 3.19. The Hall–Kier alpha value is -2.45. The molecule has 0 saturated heterocycles. The molecule has 1 atom stereocenters. The average molecular weight is 358 g/mol. The molecular formula is C17H18N4O3S. The molecule has 7 nitrogen and oxygen atoms in total. The van der Waals surface area contributed by atoms with Crippen LogP contribution in [0.25, 0.3) is 4.96 Å². The number of thiazole rings is 1. The highest BCUT2D eigenvalue weighted by Crippen LogP contribution is 2.38. The molecule has 130 valence electrons. The Morgan fingerprint density at radius 1 is 1.48 bits per heavy atom. The van der Waals surface area contributed by atoms with E-state index in [4.69, 9.17) is 4.74 Å². The van der Waals surface area contributed by atoms with Crippen LogP contribution in [-0.2, 0) is 0 Å². The molecule has 2 N–H and O–H groups in total. The van der Waals surface area contributed by atoms with Crippen LogP contribution in [0.2, 0.25) is 0 Å². The smallest absolute Gasteiger partial charge is 0.272 e. The maximum Gasteiger partial charge on any atom is 0.272 e. The van der Waals surface area contributed by atoms with E-state index in [9.17, 15) is 9.90 Å². The lowest BCUT2D eigenvalue weighted by Gasteiger charge is -2.38. The van der Waals surface area contributed by atoms with E-state index < -0.39 is 0 Å². The minimum absolute atomic E-state index is 0.164. The van der Waals surface area contributed by atoms with Gasteiger partial charge in [-0.05, 0) is 30.4 Å². The summed E-state index contributed by atoms with van der Waals surface area (Å²) < 4.78 is 7.07. The van der Waals surface area contributed by atoms with Gasteiger partial charge in [0, 0.05) is 24.0 Å². The van der Waals surface area contributed by atoms with Crippen LogP contribution in [0.1, 0.15) is 34.9 Å². The van der Waals surface area contributed by atoms with Gasteiger partial charge in [0.1, 0.15) is 11.4 Å². The number of nitrogens with zero attached hydrogens (tertiary/aromatic N) is 3. The molecule has 0 bridgehead atoms. The zero-order chi connectivity index (χ0) is 17.4. The molecule has 3 heterocycles. The van der Waals surface area contributed by atoms with Gasteiger partial charge in [-0.1, -0.05) is 0 Å². The largest absolute Gasteiger partial charge is 0.495 e. The summed E-state index contributed by atoms with van der Waals surface area (Å²) in [7, 11) is 1.58. The molecule has 3 aromatic rings. The van der Waals surface area contributed by atoms with Crippen molar-refractivity contribution in [3.05, 3.63) is 47.5 Å². The number of hydrogen-bond donors (Lipinski definition) is 2. The molecule has 0 aromatic carbocycles. The Kier molecular flexibility index (Phi) is 4.14. The van der Waals surface area contributed by atoms with Gasteiger partial charge in [0.05, 0.1) is 25.5 Å². The van der Waals surface area contributed by atoms with Crippen LogP contribution in [0.4, 0.5) is 0 Å². The van der Waals surface area contributed by atoms with Crippen molar-refractivity contribution in [1.82, 2.24) is 19.7 Å². The fourth-order valence-corrected chi connectivity index (χ4v) is 3.84. The molecule has 0 aliphatic heterocycles. The molecular weight excluding hydrogens is 340 g/mol. The zero-order valence-corrected chi connectivity index (χ0v) is 14.4. The molecule has 25 heavy (non-hydrogen) atoms. The number of pyridine rings is 1. The predicted octanol–water partition coefficient (Wildman–Crippen LogP) is 2.04. The van der Waals surface area contributed by atoms with Crippen molar-refractivity contribution in [2.75, 3.05) is 7.11 Å². The lowest BCUT2D eigenvalue weighted by Crippen LogP contribution is -2.41. The van der Waals surface area contributed by atoms with Gasteiger partial charge in [-0.25, -0.2) is 4.98 Å². The molecule has 1 aliphatic carbocycles. The second-order valence-corrected chi connectivity index (χ2v) is 7.09. The van der Waals surface area contributed by atoms with E-state index in [1.165, 1.54) is 11.3 Å². The van der Waals surface area contributed by atoms with Crippen molar-refractivity contribution in [3.63, 3.8) is 0 Å². The van der Waals surface area contributed by atoms with Crippen molar-refractivity contribution in [1.29, 1.82) is 0 Å². The lowest BCUT2D eigenvalue weighted by atomic mass is 9.75. The van der Waals surface area contributed by atoms with Crippen LogP contribution in [0.5, 0.6) is 5.75 Å². The first-order valence-corrected chi connectivity index (χ1v) is 8.92. The normalized spacial score (nSPS) is 20.9. The number of nitrogens with one attached hydrogen (secondary N) is 1. The second-order valence-electron chi connectivity index (χ2n) is 6.21. The summed E-state index contributed by atoms with van der Waals surface area (Å²) in [5, 5.41) is 14.6.